The van der Waals surface area contributed by atoms with Gasteiger partial charge in [-0.25, -0.2) is 0 Å². The van der Waals surface area contributed by atoms with Crippen molar-refractivity contribution in [1.29, 1.82) is 0 Å². The van der Waals surface area contributed by atoms with Gasteiger partial charge in [-0.3, -0.25) is 0 Å². The summed E-state index contributed by atoms with van der Waals surface area (Å²) in [6.07, 6.45) is 0. The second kappa shape index (κ2) is 13.2. The molecule has 0 aliphatic carbocycles. The quantitative estimate of drug-likeness (QED) is 0.264. The largest absolute Gasteiger partial charge is 2.00 e. The Morgan fingerprint density at radius 1 is 0.562 bits per heavy atom. The van der Waals surface area contributed by atoms with Crippen LogP contribution >= 0.6 is 0 Å². The van der Waals surface area contributed by atoms with E-state index in [0.29, 0.717) is 0 Å². The fraction of sp³-hybridized carbons (Fsp3) is 0.357. The Hall–Kier alpha value is 0.00623. The summed E-state index contributed by atoms with van der Waals surface area (Å²) in [6.45, 7) is 17.9. The van der Waals surface area contributed by atoms with E-state index in [4.69, 9.17) is 0 Å². The first-order valence-electron chi connectivity index (χ1n) is 10.3. The van der Waals surface area contributed by atoms with Crippen LogP contribution in [0.2, 0.25) is 0 Å². The molecule has 0 amide bonds. The first kappa shape index (κ1) is 34.2. The van der Waals surface area contributed by atoms with E-state index in [-0.39, 0.29) is 88.1 Å². The number of halogens is 2. The molecule has 0 N–H and O–H groups in total. The third kappa shape index (κ3) is 8.05. The predicted octanol–water partition coefficient (Wildman–Crippen LogP) is 2.33. The van der Waals surface area contributed by atoms with Gasteiger partial charge in [-0.1, -0.05) is 78.6 Å². The molecule has 0 atom stereocenters. The van der Waals surface area contributed by atoms with Crippen LogP contribution in [0.4, 0.5) is 0 Å². The number of fused-ring (bicyclic) bond motifs is 2. The Bertz CT molecular complexity index is 1020. The molecule has 4 aromatic carbocycles. The number of benzene rings is 2. The van der Waals surface area contributed by atoms with E-state index in [1.165, 1.54) is 43.8 Å². The summed E-state index contributed by atoms with van der Waals surface area (Å²) in [7, 11) is 0. The van der Waals surface area contributed by atoms with Crippen molar-refractivity contribution in [3.8, 4) is 0 Å². The molecule has 0 nitrogen and oxygen atoms in total. The molecule has 0 aliphatic heterocycles. The topological polar surface area (TPSA) is 0 Å². The summed E-state index contributed by atoms with van der Waals surface area (Å²) in [5.74, 6) is 0. The van der Waals surface area contributed by atoms with Gasteiger partial charge >= 0.3 is 52.4 Å². The number of hydrogen-bond acceptors (Lipinski definition) is 0. The predicted molar refractivity (Wildman–Crippen MR) is 126 cm³/mol. The first-order valence-corrected chi connectivity index (χ1v) is 10.3. The van der Waals surface area contributed by atoms with Gasteiger partial charge in [0, 0.05) is 0 Å². The Kier molecular flexibility index (Phi) is 14.1. The van der Waals surface area contributed by atoms with Gasteiger partial charge in [0.05, 0.1) is 0 Å². The van der Waals surface area contributed by atoms with E-state index in [2.05, 4.69) is 116 Å². The molecule has 0 saturated heterocycles. The summed E-state index contributed by atoms with van der Waals surface area (Å²) in [4.78, 5) is 0. The van der Waals surface area contributed by atoms with Crippen LogP contribution in [0.15, 0.2) is 60.7 Å². The van der Waals surface area contributed by atoms with Crippen LogP contribution in [-0.2, 0) is 63.2 Å². The molecule has 0 saturated carbocycles. The minimum Gasteiger partial charge on any atom is -1.00 e. The van der Waals surface area contributed by atoms with E-state index in [1.54, 1.807) is 0 Å². The van der Waals surface area contributed by atoms with Crippen LogP contribution < -0.4 is 24.8 Å². The van der Waals surface area contributed by atoms with E-state index < -0.39 is 0 Å². The van der Waals surface area contributed by atoms with Gasteiger partial charge in [0.25, 0.3) is 0 Å². The van der Waals surface area contributed by atoms with Crippen molar-refractivity contribution in [2.24, 2.45) is 0 Å². The zero-order valence-electron chi connectivity index (χ0n) is 20.5. The molecule has 4 rings (SSSR count). The van der Waals surface area contributed by atoms with Gasteiger partial charge in [0.15, 0.2) is 0 Å². The Morgan fingerprint density at radius 2 is 0.875 bits per heavy atom. The maximum Gasteiger partial charge on any atom is 2.00 e. The molecule has 4 heteroatoms. The van der Waals surface area contributed by atoms with Crippen LogP contribution in [0.1, 0.15) is 63.8 Å². The van der Waals surface area contributed by atoms with E-state index >= 15 is 0 Å². The molecule has 0 heterocycles. The summed E-state index contributed by atoms with van der Waals surface area (Å²) < 4.78 is 0. The average Bonchev–Trinajstić information content (AvgIpc) is 3.12. The third-order valence-corrected chi connectivity index (χ3v) is 5.41. The minimum atomic E-state index is 0. The average molecular weight is 624 g/mol. The van der Waals surface area contributed by atoms with Crippen LogP contribution in [0.3, 0.4) is 0 Å². The molecule has 0 aliphatic rings. The monoisotopic (exact) mass is 620 g/mol. The summed E-state index contributed by atoms with van der Waals surface area (Å²) in [5, 5.41) is 5.57. The smallest absolute Gasteiger partial charge is 1.00 e. The van der Waals surface area contributed by atoms with Crippen molar-refractivity contribution in [2.75, 3.05) is 0 Å². The van der Waals surface area contributed by atoms with Crippen LogP contribution in [0.5, 0.6) is 0 Å². The second-order valence-corrected chi connectivity index (χ2v) is 10.2. The van der Waals surface area contributed by atoms with Crippen molar-refractivity contribution in [2.45, 2.75) is 66.2 Å². The third-order valence-electron chi connectivity index (χ3n) is 5.41. The minimum absolute atomic E-state index is 0. The van der Waals surface area contributed by atoms with Gasteiger partial charge in [-0.05, 0) is 10.8 Å². The van der Waals surface area contributed by atoms with Gasteiger partial charge < -0.3 is 24.8 Å². The maximum absolute atomic E-state index is 2.29. The molecular formula is C28H34Cl2Zr2. The molecule has 0 fully saturated rings. The summed E-state index contributed by atoms with van der Waals surface area (Å²) >= 11 is 0. The van der Waals surface area contributed by atoms with E-state index in [9.17, 15) is 0 Å². The molecule has 0 spiro atoms. The molecule has 0 bridgehead atoms. The second-order valence-electron chi connectivity index (χ2n) is 10.2. The van der Waals surface area contributed by atoms with Crippen LogP contribution in [-0.4, -0.2) is 0 Å². The normalized spacial score (nSPS) is 10.8. The van der Waals surface area contributed by atoms with Crippen molar-refractivity contribution < 1.29 is 77.2 Å². The van der Waals surface area contributed by atoms with E-state index in [1.807, 2.05) is 0 Å². The molecule has 0 unspecified atom stereocenters. The molecular weight excluding hydrogens is 590 g/mol. The maximum atomic E-state index is 2.29. The molecule has 32 heavy (non-hydrogen) atoms. The van der Waals surface area contributed by atoms with Gasteiger partial charge in [0.1, 0.15) is 0 Å². The van der Waals surface area contributed by atoms with Gasteiger partial charge in [-0.15, -0.1) is 69.1 Å². The Labute approximate surface area is 245 Å². The standard InChI is InChI=1S/2C14H17.2ClH.2Zr/c2*1-10-8-11-6-5-7-13(12(11)9-10)14(2,3)4;;;;/h2*5-9H,1-4H3;2*1H;;/q2*-1;;;2*+2/p-2. The van der Waals surface area contributed by atoms with Crippen LogP contribution in [0.25, 0.3) is 21.5 Å². The van der Waals surface area contributed by atoms with Crippen LogP contribution in [0, 0.1) is 13.8 Å². The molecule has 4 aromatic rings. The van der Waals surface area contributed by atoms with Gasteiger partial charge in [0.2, 0.25) is 0 Å². The zero-order valence-corrected chi connectivity index (χ0v) is 27.0. The molecule has 0 aromatic heterocycles. The summed E-state index contributed by atoms with van der Waals surface area (Å²) in [5.41, 5.74) is 6.08. The molecule has 168 valence electrons. The van der Waals surface area contributed by atoms with Gasteiger partial charge in [-0.2, -0.15) is 12.1 Å². The van der Waals surface area contributed by atoms with E-state index in [0.717, 1.165) is 0 Å². The fourth-order valence-electron chi connectivity index (χ4n) is 4.08. The zero-order chi connectivity index (χ0) is 20.7. The SMILES string of the molecule is Cc1cc2c(C(C)(C)C)cccc2[cH-]1.Cc1cc2c(C(C)(C)C)cccc2[cH-]1.[Cl-].[Cl-].[Zr+2].[Zr+2]. The number of aryl methyl sites for hydroxylation is 2. The van der Waals surface area contributed by atoms with Crippen molar-refractivity contribution in [3.63, 3.8) is 0 Å². The summed E-state index contributed by atoms with van der Waals surface area (Å²) in [6, 6.07) is 22.3. The van der Waals surface area contributed by atoms with Crippen molar-refractivity contribution in [1.82, 2.24) is 0 Å². The molecule has 0 radical (unpaired) electrons. The Morgan fingerprint density at radius 3 is 1.16 bits per heavy atom. The van der Waals surface area contributed by atoms with Crippen molar-refractivity contribution >= 4 is 21.5 Å². The first-order chi connectivity index (χ1) is 13.0. The number of hydrogen-bond donors (Lipinski definition) is 0. The number of rotatable bonds is 0. The fourth-order valence-corrected chi connectivity index (χ4v) is 4.08. The van der Waals surface area contributed by atoms with Crippen molar-refractivity contribution in [3.05, 3.63) is 82.9 Å². The Balaban J connectivity index is 0.